The molecule has 34 heavy (non-hydrogen) atoms. The molecule has 1 fully saturated rings. The number of pyridine rings is 1. The molecule has 6 nitrogen and oxygen atoms in total. The summed E-state index contributed by atoms with van der Waals surface area (Å²) in [5.41, 5.74) is 6.68. The van der Waals surface area contributed by atoms with Gasteiger partial charge >= 0.3 is 0 Å². The van der Waals surface area contributed by atoms with Crippen molar-refractivity contribution in [3.05, 3.63) is 96.0 Å². The van der Waals surface area contributed by atoms with E-state index in [1.807, 2.05) is 25.1 Å². The fourth-order valence-corrected chi connectivity index (χ4v) is 4.57. The number of likely N-dealkylation sites (tertiary alicyclic amines) is 1. The second-order valence-electron chi connectivity index (χ2n) is 8.12. The summed E-state index contributed by atoms with van der Waals surface area (Å²) in [4.78, 5) is 34.0. The first-order valence-electron chi connectivity index (χ1n) is 10.9. The van der Waals surface area contributed by atoms with Gasteiger partial charge in [-0.1, -0.05) is 18.7 Å². The van der Waals surface area contributed by atoms with Gasteiger partial charge in [-0.2, -0.15) is 4.83 Å². The number of nitrogens with one attached hydrogen (secondary N) is 2. The molecule has 1 aliphatic rings. The third-order valence-corrected chi connectivity index (χ3v) is 6.48. The summed E-state index contributed by atoms with van der Waals surface area (Å²) in [7, 11) is 0. The van der Waals surface area contributed by atoms with Gasteiger partial charge < -0.3 is 4.90 Å². The van der Waals surface area contributed by atoms with Gasteiger partial charge in [0, 0.05) is 36.3 Å². The lowest BCUT2D eigenvalue weighted by Crippen LogP contribution is -2.32. The van der Waals surface area contributed by atoms with E-state index in [-0.39, 0.29) is 23.5 Å². The summed E-state index contributed by atoms with van der Waals surface area (Å²) in [6, 6.07) is 15.9. The van der Waals surface area contributed by atoms with Gasteiger partial charge in [-0.15, -0.1) is 0 Å². The van der Waals surface area contributed by atoms with Crippen LogP contribution in [-0.4, -0.2) is 34.8 Å². The molecule has 1 saturated heterocycles. The normalized spacial score (nSPS) is 15.2. The first kappa shape index (κ1) is 23.7. The zero-order valence-corrected chi connectivity index (χ0v) is 19.6. The number of hydrazine groups is 1. The Hall–Kier alpha value is -3.49. The number of hydrogen-bond donors (Lipinski definition) is 2. The van der Waals surface area contributed by atoms with Gasteiger partial charge in [-0.05, 0) is 85.0 Å². The van der Waals surface area contributed by atoms with Crippen LogP contribution in [0.15, 0.2) is 78.3 Å². The number of amides is 2. The highest BCUT2D eigenvalue weighted by molar-refractivity contribution is 7.97. The van der Waals surface area contributed by atoms with Gasteiger partial charge in [0.05, 0.1) is 10.6 Å². The van der Waals surface area contributed by atoms with Crippen LogP contribution in [0.5, 0.6) is 0 Å². The molecule has 0 bridgehead atoms. The lowest BCUT2D eigenvalue weighted by atomic mass is 9.96. The fraction of sp³-hybridized carbons (Fsp3) is 0.192. The number of nitrogens with zero attached hydrogens (tertiary/aromatic N) is 2. The summed E-state index contributed by atoms with van der Waals surface area (Å²) in [6.07, 6.45) is 4.00. The van der Waals surface area contributed by atoms with Crippen LogP contribution in [0.1, 0.15) is 33.8 Å². The topological polar surface area (TPSA) is 74.3 Å². The van der Waals surface area contributed by atoms with Crippen molar-refractivity contribution in [2.45, 2.75) is 24.2 Å². The van der Waals surface area contributed by atoms with Gasteiger partial charge in [-0.25, -0.2) is 4.39 Å². The third kappa shape index (κ3) is 5.52. The molecule has 2 amide bonds. The van der Waals surface area contributed by atoms with E-state index in [9.17, 15) is 14.0 Å². The second-order valence-corrected chi connectivity index (χ2v) is 8.97. The molecule has 3 aromatic rings. The Kier molecular flexibility index (Phi) is 7.40. The average Bonchev–Trinajstić information content (AvgIpc) is 3.35. The molecule has 1 aliphatic heterocycles. The van der Waals surface area contributed by atoms with Crippen molar-refractivity contribution in [3.8, 4) is 11.3 Å². The number of carbonyl (C=O) groups excluding carboxylic acids is 2. The summed E-state index contributed by atoms with van der Waals surface area (Å²) in [6.45, 7) is 6.85. The van der Waals surface area contributed by atoms with Crippen molar-refractivity contribution < 1.29 is 14.0 Å². The third-order valence-electron chi connectivity index (χ3n) is 5.73. The highest BCUT2D eigenvalue weighted by Gasteiger charge is 2.26. The van der Waals surface area contributed by atoms with E-state index in [4.69, 9.17) is 0 Å². The van der Waals surface area contributed by atoms with E-state index < -0.39 is 0 Å². The number of rotatable bonds is 7. The highest BCUT2D eigenvalue weighted by atomic mass is 32.2. The molecule has 2 heterocycles. The van der Waals surface area contributed by atoms with Crippen LogP contribution in [0.4, 0.5) is 4.39 Å². The number of hydrogen-bond acceptors (Lipinski definition) is 5. The van der Waals surface area contributed by atoms with E-state index in [0.717, 1.165) is 40.8 Å². The Bertz CT molecular complexity index is 1230. The summed E-state index contributed by atoms with van der Waals surface area (Å²) in [5.74, 6) is -0.512. The van der Waals surface area contributed by atoms with E-state index in [1.54, 1.807) is 41.4 Å². The predicted octanol–water partition coefficient (Wildman–Crippen LogP) is 4.64. The molecule has 1 unspecified atom stereocenters. The van der Waals surface area contributed by atoms with Crippen LogP contribution < -0.4 is 10.3 Å². The Labute approximate surface area is 202 Å². The Morgan fingerprint density at radius 1 is 1.21 bits per heavy atom. The molecule has 1 atom stereocenters. The summed E-state index contributed by atoms with van der Waals surface area (Å²) < 4.78 is 13.8. The number of benzene rings is 2. The largest absolute Gasteiger partial charge is 0.339 e. The van der Waals surface area contributed by atoms with Gasteiger partial charge in [0.15, 0.2) is 0 Å². The minimum absolute atomic E-state index is 0.0482. The Balaban J connectivity index is 1.47. The van der Waals surface area contributed by atoms with Crippen molar-refractivity contribution in [2.75, 3.05) is 13.1 Å². The van der Waals surface area contributed by atoms with Crippen molar-refractivity contribution >= 4 is 23.8 Å². The van der Waals surface area contributed by atoms with Crippen LogP contribution in [0.3, 0.4) is 0 Å². The molecular weight excluding hydrogens is 451 g/mol. The lowest BCUT2D eigenvalue weighted by molar-refractivity contribution is -0.125. The van der Waals surface area contributed by atoms with Crippen LogP contribution in [0, 0.1) is 12.7 Å². The molecule has 0 radical (unpaired) electrons. The van der Waals surface area contributed by atoms with Crippen molar-refractivity contribution in [3.63, 3.8) is 0 Å². The van der Waals surface area contributed by atoms with Gasteiger partial charge in [0.1, 0.15) is 5.82 Å². The van der Waals surface area contributed by atoms with Crippen LogP contribution in [0.25, 0.3) is 11.3 Å². The van der Waals surface area contributed by atoms with Gasteiger partial charge in [-0.3, -0.25) is 20.0 Å². The smallest absolute Gasteiger partial charge is 0.266 e. The Morgan fingerprint density at radius 3 is 2.82 bits per heavy atom. The molecule has 0 aliphatic carbocycles. The number of carbonyl (C=O) groups is 2. The van der Waals surface area contributed by atoms with Crippen LogP contribution in [0.2, 0.25) is 0 Å². The van der Waals surface area contributed by atoms with Gasteiger partial charge in [0.25, 0.3) is 5.91 Å². The van der Waals surface area contributed by atoms with Crippen LogP contribution >= 0.6 is 11.9 Å². The SMILES string of the molecule is C=CC(=O)N1CCC(c2ccnc(-c3cc(C)cc(C(=O)NNSc4ccccc4F)c3)c2)C1. The van der Waals surface area contributed by atoms with Crippen LogP contribution in [-0.2, 0) is 4.79 Å². The first-order valence-corrected chi connectivity index (χ1v) is 11.7. The molecule has 0 saturated carbocycles. The molecule has 2 aromatic carbocycles. The minimum atomic E-state index is -0.364. The first-order chi connectivity index (χ1) is 16.4. The standard InChI is InChI=1S/C26H25FN4O2S/c1-3-25(32)31-11-9-19(16-31)18-8-10-28-23(15-18)20-12-17(2)13-21(14-20)26(33)29-30-34-24-7-5-4-6-22(24)27/h3-8,10,12-15,19,30H,1,9,11,16H2,2H3,(H,29,33). The quantitative estimate of drug-likeness (QED) is 0.295. The number of aromatic nitrogens is 1. The number of halogens is 1. The summed E-state index contributed by atoms with van der Waals surface area (Å²) >= 11 is 0.991. The number of aryl methyl sites for hydroxylation is 1. The van der Waals surface area contributed by atoms with E-state index >= 15 is 0 Å². The average molecular weight is 477 g/mol. The highest BCUT2D eigenvalue weighted by Crippen LogP contribution is 2.30. The molecular formula is C26H25FN4O2S. The molecule has 2 N–H and O–H groups in total. The molecule has 8 heteroatoms. The zero-order chi connectivity index (χ0) is 24.1. The lowest BCUT2D eigenvalue weighted by Gasteiger charge is -2.15. The maximum Gasteiger partial charge on any atom is 0.266 e. The second kappa shape index (κ2) is 10.6. The zero-order valence-electron chi connectivity index (χ0n) is 18.8. The molecule has 4 rings (SSSR count). The maximum atomic E-state index is 13.8. The minimum Gasteiger partial charge on any atom is -0.339 e. The molecule has 0 spiro atoms. The van der Waals surface area contributed by atoms with Crippen molar-refractivity contribution in [1.82, 2.24) is 20.1 Å². The monoisotopic (exact) mass is 476 g/mol. The maximum absolute atomic E-state index is 13.8. The van der Waals surface area contributed by atoms with Crippen molar-refractivity contribution in [2.24, 2.45) is 0 Å². The fourth-order valence-electron chi connectivity index (χ4n) is 4.01. The molecule has 174 valence electrons. The summed E-state index contributed by atoms with van der Waals surface area (Å²) in [5, 5.41) is 0. The van der Waals surface area contributed by atoms with Gasteiger partial charge in [0.2, 0.25) is 5.91 Å². The van der Waals surface area contributed by atoms with E-state index in [1.165, 1.54) is 12.1 Å². The Morgan fingerprint density at radius 2 is 2.03 bits per heavy atom. The van der Waals surface area contributed by atoms with E-state index in [0.29, 0.717) is 23.5 Å². The van der Waals surface area contributed by atoms with E-state index in [2.05, 4.69) is 21.8 Å². The molecule has 1 aromatic heterocycles. The predicted molar refractivity (Wildman–Crippen MR) is 131 cm³/mol. The van der Waals surface area contributed by atoms with Crippen molar-refractivity contribution in [1.29, 1.82) is 0 Å².